The lowest BCUT2D eigenvalue weighted by Gasteiger charge is -2.06. The molecule has 0 fully saturated rings. The normalized spacial score (nSPS) is 11.2. The highest BCUT2D eigenvalue weighted by Crippen LogP contribution is 2.23. The van der Waals surface area contributed by atoms with Gasteiger partial charge in [0.05, 0.1) is 0 Å². The molecule has 0 saturated heterocycles. The van der Waals surface area contributed by atoms with Gasteiger partial charge in [-0.05, 0) is 30.3 Å². The molecule has 0 radical (unpaired) electrons. The first-order valence-corrected chi connectivity index (χ1v) is 7.80. The number of carboxylic acids is 1. The molecule has 6 nitrogen and oxygen atoms in total. The van der Waals surface area contributed by atoms with Gasteiger partial charge in [0, 0.05) is 22.9 Å². The fraction of sp³-hybridized carbons (Fsp3) is 0. The van der Waals surface area contributed by atoms with E-state index in [0.29, 0.717) is 17.2 Å². The zero-order valence-electron chi connectivity index (χ0n) is 13.7. The first kappa shape index (κ1) is 17.0. The molecule has 0 bridgehead atoms. The number of anilines is 1. The van der Waals surface area contributed by atoms with E-state index in [9.17, 15) is 14.7 Å². The molecule has 26 heavy (non-hydrogen) atoms. The lowest BCUT2D eigenvalue weighted by atomic mass is 10.2. The Hall–Kier alpha value is -3.80. The molecule has 0 saturated carbocycles. The van der Waals surface area contributed by atoms with Crippen molar-refractivity contribution in [1.82, 2.24) is 5.32 Å². The van der Waals surface area contributed by atoms with Gasteiger partial charge in [-0.3, -0.25) is 4.79 Å². The minimum absolute atomic E-state index is 0.265. The second-order valence-electron chi connectivity index (χ2n) is 5.51. The van der Waals surface area contributed by atoms with Crippen LogP contribution in [-0.2, 0) is 4.79 Å². The van der Waals surface area contributed by atoms with Crippen LogP contribution in [0, 0.1) is 0 Å². The summed E-state index contributed by atoms with van der Waals surface area (Å²) >= 11 is 0. The summed E-state index contributed by atoms with van der Waals surface area (Å²) in [6, 6.07) is 19.0. The standard InChI is InChI=1S/C20H16N2O4/c21-15-8-4-7-14(11-15)19(23)22-17(20(24)25)12-16-9-10-18(26-16)13-5-2-1-3-6-13/h1-12H,21H2,(H,22,23)(H,24,25). The second kappa shape index (κ2) is 7.40. The number of aliphatic carboxylic acids is 1. The molecule has 6 heteroatoms. The third-order valence-electron chi connectivity index (χ3n) is 3.60. The topological polar surface area (TPSA) is 106 Å². The number of carbonyl (C=O) groups is 2. The van der Waals surface area contributed by atoms with Crippen molar-refractivity contribution < 1.29 is 19.1 Å². The van der Waals surface area contributed by atoms with Crippen LogP contribution in [0.15, 0.2) is 76.8 Å². The number of hydrogen-bond donors (Lipinski definition) is 3. The quantitative estimate of drug-likeness (QED) is 0.484. The number of nitrogen functional groups attached to an aromatic ring is 1. The third kappa shape index (κ3) is 3.99. The summed E-state index contributed by atoms with van der Waals surface area (Å²) in [5.41, 5.74) is 6.89. The highest BCUT2D eigenvalue weighted by atomic mass is 16.4. The van der Waals surface area contributed by atoms with E-state index in [1.54, 1.807) is 30.3 Å². The van der Waals surface area contributed by atoms with E-state index in [4.69, 9.17) is 10.2 Å². The van der Waals surface area contributed by atoms with Crippen LogP contribution in [0.1, 0.15) is 16.1 Å². The summed E-state index contributed by atoms with van der Waals surface area (Å²) in [4.78, 5) is 23.7. The largest absolute Gasteiger partial charge is 0.477 e. The van der Waals surface area contributed by atoms with Crippen molar-refractivity contribution >= 4 is 23.6 Å². The molecule has 1 aromatic heterocycles. The Morgan fingerprint density at radius 1 is 1.00 bits per heavy atom. The molecule has 0 aliphatic carbocycles. The van der Waals surface area contributed by atoms with Gasteiger partial charge in [-0.2, -0.15) is 0 Å². The van der Waals surface area contributed by atoms with E-state index in [0.717, 1.165) is 5.56 Å². The van der Waals surface area contributed by atoms with Crippen molar-refractivity contribution in [2.75, 3.05) is 5.73 Å². The summed E-state index contributed by atoms with van der Waals surface area (Å²) in [6.45, 7) is 0. The number of carbonyl (C=O) groups excluding carboxylic acids is 1. The third-order valence-corrected chi connectivity index (χ3v) is 3.60. The maximum Gasteiger partial charge on any atom is 0.352 e. The van der Waals surface area contributed by atoms with E-state index in [2.05, 4.69) is 5.32 Å². The molecule has 0 aliphatic rings. The lowest BCUT2D eigenvalue weighted by Crippen LogP contribution is -2.27. The van der Waals surface area contributed by atoms with Crippen LogP contribution in [0.25, 0.3) is 17.4 Å². The number of carboxylic acid groups (broad SMARTS) is 1. The van der Waals surface area contributed by atoms with Crippen LogP contribution in [0.5, 0.6) is 0 Å². The molecule has 1 amide bonds. The van der Waals surface area contributed by atoms with Gasteiger partial charge < -0.3 is 20.6 Å². The molecule has 2 aromatic carbocycles. The number of rotatable bonds is 5. The number of benzene rings is 2. The maximum atomic E-state index is 12.2. The monoisotopic (exact) mass is 348 g/mol. The molecular formula is C20H16N2O4. The molecule has 0 unspecified atom stereocenters. The van der Waals surface area contributed by atoms with E-state index in [1.165, 1.54) is 12.1 Å². The minimum Gasteiger partial charge on any atom is -0.477 e. The summed E-state index contributed by atoms with van der Waals surface area (Å²) in [5.74, 6) is -0.932. The number of amides is 1. The van der Waals surface area contributed by atoms with E-state index >= 15 is 0 Å². The van der Waals surface area contributed by atoms with Gasteiger partial charge in [-0.15, -0.1) is 0 Å². The Kier molecular flexibility index (Phi) is 4.85. The van der Waals surface area contributed by atoms with E-state index in [-0.39, 0.29) is 11.3 Å². The average molecular weight is 348 g/mol. The van der Waals surface area contributed by atoms with Crippen molar-refractivity contribution in [3.8, 4) is 11.3 Å². The van der Waals surface area contributed by atoms with Crippen molar-refractivity contribution in [1.29, 1.82) is 0 Å². The lowest BCUT2D eigenvalue weighted by molar-refractivity contribution is -0.132. The molecule has 130 valence electrons. The SMILES string of the molecule is Nc1cccc(C(=O)NC(=Cc2ccc(-c3ccccc3)o2)C(=O)O)c1. The Morgan fingerprint density at radius 2 is 1.77 bits per heavy atom. The maximum absolute atomic E-state index is 12.2. The molecule has 0 aliphatic heterocycles. The molecule has 4 N–H and O–H groups in total. The highest BCUT2D eigenvalue weighted by molar-refractivity contribution is 6.03. The van der Waals surface area contributed by atoms with E-state index < -0.39 is 11.9 Å². The summed E-state index contributed by atoms with van der Waals surface area (Å²) < 4.78 is 5.65. The highest BCUT2D eigenvalue weighted by Gasteiger charge is 2.15. The molecule has 0 atom stereocenters. The molecular weight excluding hydrogens is 332 g/mol. The van der Waals surface area contributed by atoms with Crippen LogP contribution >= 0.6 is 0 Å². The van der Waals surface area contributed by atoms with Gasteiger partial charge in [0.1, 0.15) is 17.2 Å². The van der Waals surface area contributed by atoms with Gasteiger partial charge in [0.2, 0.25) is 0 Å². The van der Waals surface area contributed by atoms with Crippen LogP contribution in [0.3, 0.4) is 0 Å². The summed E-state index contributed by atoms with van der Waals surface area (Å²) in [5, 5.41) is 11.7. The minimum atomic E-state index is -1.28. The van der Waals surface area contributed by atoms with Crippen LogP contribution in [0.2, 0.25) is 0 Å². The van der Waals surface area contributed by atoms with Crippen molar-refractivity contribution in [2.45, 2.75) is 0 Å². The molecule has 0 spiro atoms. The van der Waals surface area contributed by atoms with E-state index in [1.807, 2.05) is 30.3 Å². The van der Waals surface area contributed by atoms with Crippen molar-refractivity contribution in [2.24, 2.45) is 0 Å². The first-order valence-electron chi connectivity index (χ1n) is 7.80. The predicted octanol–water partition coefficient (Wildman–Crippen LogP) is 3.38. The van der Waals surface area contributed by atoms with Crippen LogP contribution in [0.4, 0.5) is 5.69 Å². The zero-order chi connectivity index (χ0) is 18.5. The van der Waals surface area contributed by atoms with Gasteiger partial charge in [-0.25, -0.2) is 4.79 Å². The smallest absolute Gasteiger partial charge is 0.352 e. The number of hydrogen-bond acceptors (Lipinski definition) is 4. The van der Waals surface area contributed by atoms with Crippen LogP contribution < -0.4 is 11.1 Å². The predicted molar refractivity (Wildman–Crippen MR) is 98.1 cm³/mol. The fourth-order valence-corrected chi connectivity index (χ4v) is 2.36. The Morgan fingerprint density at radius 3 is 2.46 bits per heavy atom. The number of nitrogens with two attached hydrogens (primary N) is 1. The average Bonchev–Trinajstić information content (AvgIpc) is 3.10. The van der Waals surface area contributed by atoms with Crippen molar-refractivity contribution in [3.63, 3.8) is 0 Å². The fourth-order valence-electron chi connectivity index (χ4n) is 2.36. The van der Waals surface area contributed by atoms with Crippen molar-refractivity contribution in [3.05, 3.63) is 83.8 Å². The Balaban J connectivity index is 1.83. The number of nitrogens with one attached hydrogen (secondary N) is 1. The van der Waals surface area contributed by atoms with Gasteiger partial charge in [0.15, 0.2) is 0 Å². The van der Waals surface area contributed by atoms with Gasteiger partial charge >= 0.3 is 5.97 Å². The molecule has 3 rings (SSSR count). The molecule has 1 heterocycles. The Bertz CT molecular complexity index is 974. The molecule has 3 aromatic rings. The Labute approximate surface area is 149 Å². The summed E-state index contributed by atoms with van der Waals surface area (Å²) in [7, 11) is 0. The zero-order valence-corrected chi connectivity index (χ0v) is 13.7. The van der Waals surface area contributed by atoms with Gasteiger partial charge in [0.25, 0.3) is 5.91 Å². The second-order valence-corrected chi connectivity index (χ2v) is 5.51. The first-order chi connectivity index (χ1) is 12.5. The van der Waals surface area contributed by atoms with Crippen LogP contribution in [-0.4, -0.2) is 17.0 Å². The van der Waals surface area contributed by atoms with Gasteiger partial charge in [-0.1, -0.05) is 36.4 Å². The number of furan rings is 1. The summed E-state index contributed by atoms with van der Waals surface area (Å²) in [6.07, 6.45) is 1.26.